The van der Waals surface area contributed by atoms with E-state index in [9.17, 15) is 0 Å². The van der Waals surface area contributed by atoms with E-state index in [0.717, 1.165) is 30.0 Å². The molecule has 0 radical (unpaired) electrons. The number of aromatic nitrogens is 3. The third-order valence-corrected chi connectivity index (χ3v) is 2.74. The van der Waals surface area contributed by atoms with Crippen molar-refractivity contribution in [3.63, 3.8) is 0 Å². The van der Waals surface area contributed by atoms with Gasteiger partial charge in [-0.15, -0.1) is 0 Å². The van der Waals surface area contributed by atoms with Crippen molar-refractivity contribution in [2.45, 2.75) is 26.6 Å². The van der Waals surface area contributed by atoms with Gasteiger partial charge in [0.1, 0.15) is 6.29 Å². The van der Waals surface area contributed by atoms with Gasteiger partial charge in [0.15, 0.2) is 0 Å². The smallest absolute Gasteiger partial charge is 0.225 e. The summed E-state index contributed by atoms with van der Waals surface area (Å²) in [5.74, 6) is 0.542. The Morgan fingerprint density at radius 2 is 1.95 bits per heavy atom. The zero-order valence-electron chi connectivity index (χ0n) is 11.8. The van der Waals surface area contributed by atoms with Gasteiger partial charge in [-0.2, -0.15) is 0 Å². The molecule has 6 heteroatoms. The molecule has 106 valence electrons. The van der Waals surface area contributed by atoms with Gasteiger partial charge in [-0.05, 0) is 32.0 Å². The third-order valence-electron chi connectivity index (χ3n) is 2.74. The molecule has 2 aromatic rings. The molecule has 2 rings (SSSR count). The maximum Gasteiger partial charge on any atom is 0.225 e. The number of hydrogen-bond donors (Lipinski definition) is 3. The second kappa shape index (κ2) is 6.93. The average Bonchev–Trinajstić information content (AvgIpc) is 2.38. The molecule has 0 aromatic carbocycles. The fourth-order valence-electron chi connectivity index (χ4n) is 1.88. The minimum atomic E-state index is -0.389. The number of anilines is 1. The van der Waals surface area contributed by atoms with E-state index in [2.05, 4.69) is 25.6 Å². The predicted octanol–water partition coefficient (Wildman–Crippen LogP) is 0.975. The molecule has 0 aliphatic rings. The predicted molar refractivity (Wildman–Crippen MR) is 79.0 cm³/mol. The van der Waals surface area contributed by atoms with Crippen LogP contribution in [-0.4, -0.2) is 27.8 Å². The highest BCUT2D eigenvalue weighted by molar-refractivity contribution is 5.28. The van der Waals surface area contributed by atoms with Gasteiger partial charge in [0.2, 0.25) is 5.95 Å². The minimum absolute atomic E-state index is 0.389. The molecule has 0 aliphatic heterocycles. The van der Waals surface area contributed by atoms with Gasteiger partial charge in [0, 0.05) is 36.2 Å². The van der Waals surface area contributed by atoms with Crippen LogP contribution in [0.15, 0.2) is 30.5 Å². The first-order valence-corrected chi connectivity index (χ1v) is 6.61. The van der Waals surface area contributed by atoms with Gasteiger partial charge < -0.3 is 5.32 Å². The van der Waals surface area contributed by atoms with E-state index in [0.29, 0.717) is 5.95 Å². The first-order chi connectivity index (χ1) is 9.63. The van der Waals surface area contributed by atoms with Gasteiger partial charge in [-0.1, -0.05) is 6.07 Å². The van der Waals surface area contributed by atoms with Crippen molar-refractivity contribution < 1.29 is 0 Å². The summed E-state index contributed by atoms with van der Waals surface area (Å²) in [4.78, 5) is 12.8. The van der Waals surface area contributed by atoms with Crippen molar-refractivity contribution in [2.24, 2.45) is 5.73 Å². The molecule has 1 unspecified atom stereocenters. The molecule has 0 spiro atoms. The fourth-order valence-corrected chi connectivity index (χ4v) is 1.88. The monoisotopic (exact) mass is 272 g/mol. The number of aryl methyl sites for hydroxylation is 2. The lowest BCUT2D eigenvalue weighted by molar-refractivity contribution is 0.573. The Morgan fingerprint density at radius 1 is 1.20 bits per heavy atom. The number of pyridine rings is 1. The summed E-state index contributed by atoms with van der Waals surface area (Å²) in [7, 11) is 0. The molecule has 0 saturated carbocycles. The zero-order valence-corrected chi connectivity index (χ0v) is 11.8. The van der Waals surface area contributed by atoms with Crippen LogP contribution in [-0.2, 0) is 6.42 Å². The molecule has 4 N–H and O–H groups in total. The molecule has 2 aromatic heterocycles. The minimum Gasteiger partial charge on any atom is -0.326 e. The van der Waals surface area contributed by atoms with Gasteiger partial charge in [-0.3, -0.25) is 16.0 Å². The van der Waals surface area contributed by atoms with Gasteiger partial charge in [0.25, 0.3) is 0 Å². The Kier molecular flexibility index (Phi) is 4.97. The van der Waals surface area contributed by atoms with Crippen LogP contribution in [0.4, 0.5) is 5.95 Å². The number of nitrogens with zero attached hydrogens (tertiary/aromatic N) is 3. The summed E-state index contributed by atoms with van der Waals surface area (Å²) in [6.07, 6.45) is 2.22. The standard InChI is InChI=1S/C14H20N6/c1-10-9-11(2)19-14(18-10)20-13(15)17-8-6-12-5-3-4-7-16-12/h3-5,7,9,13,17H,6,8,15H2,1-2H3,(H,18,19,20). The number of hydrogen-bond acceptors (Lipinski definition) is 6. The Bertz CT molecular complexity index is 522. The van der Waals surface area contributed by atoms with Crippen molar-refractivity contribution in [3.05, 3.63) is 47.5 Å². The summed E-state index contributed by atoms with van der Waals surface area (Å²) in [6, 6.07) is 7.80. The maximum absolute atomic E-state index is 5.95. The average molecular weight is 272 g/mol. The normalized spacial score (nSPS) is 12.2. The van der Waals surface area contributed by atoms with Crippen LogP contribution in [0.3, 0.4) is 0 Å². The molecule has 20 heavy (non-hydrogen) atoms. The highest BCUT2D eigenvalue weighted by Crippen LogP contribution is 2.03. The molecule has 2 heterocycles. The highest BCUT2D eigenvalue weighted by atomic mass is 15.3. The van der Waals surface area contributed by atoms with Crippen molar-refractivity contribution in [2.75, 3.05) is 11.9 Å². The molecule has 0 saturated heterocycles. The van der Waals surface area contributed by atoms with Crippen molar-refractivity contribution in [1.29, 1.82) is 0 Å². The first-order valence-electron chi connectivity index (χ1n) is 6.61. The zero-order chi connectivity index (χ0) is 14.4. The molecule has 6 nitrogen and oxygen atoms in total. The Morgan fingerprint density at radius 3 is 2.60 bits per heavy atom. The molecule has 0 amide bonds. The largest absolute Gasteiger partial charge is 0.326 e. The lowest BCUT2D eigenvalue weighted by atomic mass is 10.3. The Labute approximate surface area is 118 Å². The van der Waals surface area contributed by atoms with Crippen LogP contribution >= 0.6 is 0 Å². The van der Waals surface area contributed by atoms with Crippen LogP contribution in [0.5, 0.6) is 0 Å². The topological polar surface area (TPSA) is 88.8 Å². The van der Waals surface area contributed by atoms with E-state index >= 15 is 0 Å². The van der Waals surface area contributed by atoms with Crippen LogP contribution in [0.25, 0.3) is 0 Å². The summed E-state index contributed by atoms with van der Waals surface area (Å²) >= 11 is 0. The summed E-state index contributed by atoms with van der Waals surface area (Å²) < 4.78 is 0. The van der Waals surface area contributed by atoms with Crippen LogP contribution in [0, 0.1) is 13.8 Å². The Balaban J connectivity index is 1.79. The third kappa shape index (κ3) is 4.56. The molecular weight excluding hydrogens is 252 g/mol. The molecule has 0 bridgehead atoms. The molecule has 0 fully saturated rings. The first kappa shape index (κ1) is 14.4. The van der Waals surface area contributed by atoms with Crippen molar-refractivity contribution in [1.82, 2.24) is 20.3 Å². The second-order valence-electron chi connectivity index (χ2n) is 4.62. The number of nitrogens with one attached hydrogen (secondary N) is 2. The SMILES string of the molecule is Cc1cc(C)nc(NC(N)NCCc2ccccn2)n1. The van der Waals surface area contributed by atoms with Crippen molar-refractivity contribution in [3.8, 4) is 0 Å². The quantitative estimate of drug-likeness (QED) is 0.679. The molecule has 0 aliphatic carbocycles. The van der Waals surface area contributed by atoms with E-state index in [1.54, 1.807) is 6.20 Å². The van der Waals surface area contributed by atoms with Crippen LogP contribution < -0.4 is 16.4 Å². The van der Waals surface area contributed by atoms with Crippen molar-refractivity contribution >= 4 is 5.95 Å². The Hall–Kier alpha value is -2.05. The lowest BCUT2D eigenvalue weighted by Crippen LogP contribution is -2.45. The summed E-state index contributed by atoms with van der Waals surface area (Å²) in [5, 5.41) is 6.20. The summed E-state index contributed by atoms with van der Waals surface area (Å²) in [5.41, 5.74) is 8.82. The van der Waals surface area contributed by atoms with Crippen LogP contribution in [0.1, 0.15) is 17.1 Å². The van der Waals surface area contributed by atoms with Crippen LogP contribution in [0.2, 0.25) is 0 Å². The number of nitrogens with two attached hydrogens (primary N) is 1. The van der Waals surface area contributed by atoms with E-state index in [4.69, 9.17) is 5.73 Å². The highest BCUT2D eigenvalue weighted by Gasteiger charge is 2.05. The summed E-state index contributed by atoms with van der Waals surface area (Å²) in [6.45, 7) is 4.59. The second-order valence-corrected chi connectivity index (χ2v) is 4.62. The van der Waals surface area contributed by atoms with E-state index < -0.39 is 0 Å². The lowest BCUT2D eigenvalue weighted by Gasteiger charge is -2.15. The van der Waals surface area contributed by atoms with Gasteiger partial charge >= 0.3 is 0 Å². The maximum atomic E-state index is 5.95. The van der Waals surface area contributed by atoms with E-state index in [-0.39, 0.29) is 6.29 Å². The van der Waals surface area contributed by atoms with E-state index in [1.165, 1.54) is 0 Å². The fraction of sp³-hybridized carbons (Fsp3) is 0.357. The van der Waals surface area contributed by atoms with Gasteiger partial charge in [0.05, 0.1) is 0 Å². The molecule has 1 atom stereocenters. The number of rotatable bonds is 6. The van der Waals surface area contributed by atoms with Gasteiger partial charge in [-0.25, -0.2) is 9.97 Å². The van der Waals surface area contributed by atoms with E-state index in [1.807, 2.05) is 38.1 Å². The molecular formula is C14H20N6.